The minimum atomic E-state index is -0.556. The van der Waals surface area contributed by atoms with Crippen LogP contribution in [-0.2, 0) is 0 Å². The van der Waals surface area contributed by atoms with Crippen LogP contribution in [-0.4, -0.2) is 40.9 Å². The predicted molar refractivity (Wildman–Crippen MR) is 71.4 cm³/mol. The normalized spacial score (nSPS) is 22.6. The van der Waals surface area contributed by atoms with E-state index < -0.39 is 11.2 Å². The van der Waals surface area contributed by atoms with E-state index in [4.69, 9.17) is 0 Å². The summed E-state index contributed by atoms with van der Waals surface area (Å²) in [6, 6.07) is 0.409. The lowest BCUT2D eigenvalue weighted by molar-refractivity contribution is 0.562. The minimum Gasteiger partial charge on any atom is -0.349 e. The molecule has 0 spiro atoms. The highest BCUT2D eigenvalue weighted by Crippen LogP contribution is 2.30. The molecule has 2 fully saturated rings. The average Bonchev–Trinajstić information content (AvgIpc) is 3.03. The van der Waals surface area contributed by atoms with Gasteiger partial charge >= 0.3 is 5.69 Å². The van der Waals surface area contributed by atoms with Crippen molar-refractivity contribution in [1.82, 2.24) is 20.5 Å². The van der Waals surface area contributed by atoms with E-state index >= 15 is 0 Å². The molecule has 0 radical (unpaired) electrons. The second-order valence-corrected chi connectivity index (χ2v) is 5.47. The highest BCUT2D eigenvalue weighted by atomic mass is 16.2. The van der Waals surface area contributed by atoms with Gasteiger partial charge in [-0.25, -0.2) is 9.89 Å². The molecule has 2 heterocycles. The van der Waals surface area contributed by atoms with Crippen molar-refractivity contribution in [3.05, 3.63) is 20.8 Å². The molecule has 7 nitrogen and oxygen atoms in total. The van der Waals surface area contributed by atoms with Gasteiger partial charge in [0.2, 0.25) is 5.82 Å². The summed E-state index contributed by atoms with van der Waals surface area (Å²) in [5, 5.41) is 9.66. The number of hydrogen-bond donors (Lipinski definition) is 3. The van der Waals surface area contributed by atoms with Crippen molar-refractivity contribution in [3.63, 3.8) is 0 Å². The Bertz CT molecular complexity index is 542. The first-order chi connectivity index (χ1) is 9.22. The number of H-pyrrole nitrogens is 2. The molecule has 1 aromatic heterocycles. The average molecular weight is 265 g/mol. The van der Waals surface area contributed by atoms with E-state index in [1.165, 1.54) is 19.3 Å². The lowest BCUT2D eigenvalue weighted by atomic mass is 10.2. The van der Waals surface area contributed by atoms with Crippen molar-refractivity contribution in [1.29, 1.82) is 0 Å². The van der Waals surface area contributed by atoms with Crippen molar-refractivity contribution < 1.29 is 0 Å². The first-order valence-electron chi connectivity index (χ1n) is 6.89. The fourth-order valence-electron chi connectivity index (χ4n) is 2.59. The zero-order valence-corrected chi connectivity index (χ0v) is 10.8. The molecule has 0 aromatic carbocycles. The first-order valence-corrected chi connectivity index (χ1v) is 6.89. The highest BCUT2D eigenvalue weighted by molar-refractivity contribution is 5.35. The Kier molecular flexibility index (Phi) is 3.37. The maximum atomic E-state index is 11.9. The zero-order valence-electron chi connectivity index (χ0n) is 10.8. The van der Waals surface area contributed by atoms with Gasteiger partial charge in [-0.15, -0.1) is 5.10 Å². The molecule has 0 bridgehead atoms. The number of hydrogen-bond acceptors (Lipinski definition) is 5. The molecule has 19 heavy (non-hydrogen) atoms. The van der Waals surface area contributed by atoms with Crippen LogP contribution in [0.2, 0.25) is 0 Å². The summed E-state index contributed by atoms with van der Waals surface area (Å²) in [5.74, 6) is 0.995. The predicted octanol–water partition coefficient (Wildman–Crippen LogP) is -0.573. The van der Waals surface area contributed by atoms with E-state index in [-0.39, 0.29) is 0 Å². The summed E-state index contributed by atoms with van der Waals surface area (Å²) in [6.07, 6.45) is 4.74. The van der Waals surface area contributed by atoms with Crippen molar-refractivity contribution in [2.24, 2.45) is 5.92 Å². The molecule has 3 N–H and O–H groups in total. The Morgan fingerprint density at radius 2 is 2.05 bits per heavy atom. The van der Waals surface area contributed by atoms with Crippen LogP contribution in [0.15, 0.2) is 9.59 Å². The molecule has 104 valence electrons. The summed E-state index contributed by atoms with van der Waals surface area (Å²) in [5.41, 5.74) is -0.957. The summed E-state index contributed by atoms with van der Waals surface area (Å²) < 4.78 is 0. The molecule has 1 aliphatic carbocycles. The summed E-state index contributed by atoms with van der Waals surface area (Å²) in [7, 11) is 0. The number of nitrogens with zero attached hydrogens (tertiary/aromatic N) is 2. The Balaban J connectivity index is 1.79. The molecule has 1 unspecified atom stereocenters. The van der Waals surface area contributed by atoms with Crippen LogP contribution < -0.4 is 21.5 Å². The van der Waals surface area contributed by atoms with E-state index in [2.05, 4.69) is 20.5 Å². The van der Waals surface area contributed by atoms with Crippen molar-refractivity contribution >= 4 is 5.82 Å². The van der Waals surface area contributed by atoms with E-state index in [0.717, 1.165) is 26.1 Å². The third-order valence-corrected chi connectivity index (χ3v) is 3.77. The Morgan fingerprint density at radius 1 is 1.21 bits per heavy atom. The van der Waals surface area contributed by atoms with E-state index in [9.17, 15) is 9.59 Å². The zero-order chi connectivity index (χ0) is 13.2. The van der Waals surface area contributed by atoms with Crippen LogP contribution >= 0.6 is 0 Å². The summed E-state index contributed by atoms with van der Waals surface area (Å²) in [4.78, 5) is 27.2. The summed E-state index contributed by atoms with van der Waals surface area (Å²) in [6.45, 7) is 2.66. The largest absolute Gasteiger partial charge is 0.349 e. The number of nitrogens with one attached hydrogen (secondary N) is 3. The second-order valence-electron chi connectivity index (χ2n) is 5.47. The number of aromatic nitrogens is 3. The maximum absolute atomic E-state index is 11.9. The van der Waals surface area contributed by atoms with E-state index in [1.807, 2.05) is 4.90 Å². The Morgan fingerprint density at radius 3 is 2.68 bits per heavy atom. The van der Waals surface area contributed by atoms with Crippen molar-refractivity contribution in [3.8, 4) is 0 Å². The molecule has 1 saturated heterocycles. The van der Waals surface area contributed by atoms with Gasteiger partial charge in [0.15, 0.2) is 0 Å². The van der Waals surface area contributed by atoms with Crippen LogP contribution in [0.4, 0.5) is 5.82 Å². The lowest BCUT2D eigenvalue weighted by Crippen LogP contribution is -2.42. The fourth-order valence-corrected chi connectivity index (χ4v) is 2.59. The van der Waals surface area contributed by atoms with Gasteiger partial charge in [0, 0.05) is 19.1 Å². The van der Waals surface area contributed by atoms with Crippen molar-refractivity contribution in [2.75, 3.05) is 24.5 Å². The van der Waals surface area contributed by atoms with Crippen LogP contribution in [0.1, 0.15) is 25.7 Å². The van der Waals surface area contributed by atoms with Gasteiger partial charge in [0.05, 0.1) is 0 Å². The van der Waals surface area contributed by atoms with Gasteiger partial charge in [0.25, 0.3) is 5.56 Å². The first kappa shape index (κ1) is 12.4. The van der Waals surface area contributed by atoms with Gasteiger partial charge in [-0.3, -0.25) is 9.78 Å². The Labute approximate surface area is 110 Å². The quantitative estimate of drug-likeness (QED) is 0.662. The lowest BCUT2D eigenvalue weighted by Gasteiger charge is -2.25. The van der Waals surface area contributed by atoms with Gasteiger partial charge in [0.1, 0.15) is 0 Å². The minimum absolute atomic E-state index is 0.334. The molecule has 7 heteroatoms. The van der Waals surface area contributed by atoms with Gasteiger partial charge in [-0.05, 0) is 38.1 Å². The molecule has 1 aliphatic heterocycles. The Hall–Kier alpha value is -1.63. The van der Waals surface area contributed by atoms with Crippen LogP contribution in [0, 0.1) is 5.92 Å². The molecular weight excluding hydrogens is 246 g/mol. The van der Waals surface area contributed by atoms with Crippen LogP contribution in [0.5, 0.6) is 0 Å². The van der Waals surface area contributed by atoms with Crippen LogP contribution in [0.25, 0.3) is 0 Å². The summed E-state index contributed by atoms with van der Waals surface area (Å²) >= 11 is 0. The fraction of sp³-hybridized carbons (Fsp3) is 0.750. The standard InChI is InChI=1S/C12H19N5O2/c18-11-10(15-16-12(19)14-11)17(6-8-3-4-8)7-9-2-1-5-13-9/h8-9,13H,1-7H2,(H2,14,16,18,19). The maximum Gasteiger partial charge on any atom is 0.342 e. The van der Waals surface area contributed by atoms with Crippen molar-refractivity contribution in [2.45, 2.75) is 31.7 Å². The monoisotopic (exact) mass is 265 g/mol. The molecule has 1 saturated carbocycles. The SMILES string of the molecule is O=c1[nH]nc(N(CC2CC2)CC2CCCN2)c(=O)[nH]1. The molecule has 1 atom stereocenters. The molecule has 0 amide bonds. The van der Waals surface area contributed by atoms with Crippen LogP contribution in [0.3, 0.4) is 0 Å². The van der Waals surface area contributed by atoms with E-state index in [1.54, 1.807) is 0 Å². The molecule has 1 aromatic rings. The smallest absolute Gasteiger partial charge is 0.342 e. The molecule has 2 aliphatic rings. The van der Waals surface area contributed by atoms with E-state index in [0.29, 0.717) is 17.8 Å². The van der Waals surface area contributed by atoms with Gasteiger partial charge in [-0.1, -0.05) is 0 Å². The second kappa shape index (κ2) is 5.16. The molecular formula is C12H19N5O2. The third kappa shape index (κ3) is 3.04. The van der Waals surface area contributed by atoms with Gasteiger partial charge in [-0.2, -0.15) is 0 Å². The number of anilines is 1. The number of rotatable bonds is 5. The topological polar surface area (TPSA) is 93.9 Å². The molecule has 3 rings (SSSR count). The number of aromatic amines is 2. The third-order valence-electron chi connectivity index (χ3n) is 3.77. The van der Waals surface area contributed by atoms with Gasteiger partial charge < -0.3 is 10.2 Å². The highest BCUT2D eigenvalue weighted by Gasteiger charge is 2.28.